The topological polar surface area (TPSA) is 99.2 Å². The summed E-state index contributed by atoms with van der Waals surface area (Å²) in [6.45, 7) is 2.52. The number of nitrogens with one attached hydrogen (secondary N) is 2. The maximum atomic E-state index is 10.3. The molecule has 0 spiro atoms. The predicted octanol–water partition coefficient (Wildman–Crippen LogP) is 0.980. The summed E-state index contributed by atoms with van der Waals surface area (Å²) >= 11 is 0. The lowest BCUT2D eigenvalue weighted by molar-refractivity contribution is -0.129. The van der Waals surface area contributed by atoms with Crippen LogP contribution in [0.3, 0.4) is 0 Å². The van der Waals surface area contributed by atoms with Crippen molar-refractivity contribution < 1.29 is 9.90 Å². The highest BCUT2D eigenvalue weighted by Gasteiger charge is 2.04. The Morgan fingerprint density at radius 1 is 1.12 bits per heavy atom. The summed E-state index contributed by atoms with van der Waals surface area (Å²) in [5, 5.41) is 18.8. The third kappa shape index (κ3) is 9.61. The molecule has 0 rings (SSSR count). The van der Waals surface area contributed by atoms with Gasteiger partial charge in [-0.25, -0.2) is 4.79 Å². The highest BCUT2D eigenvalue weighted by atomic mass is 16.4. The number of carbonyl (C=O) groups is 1. The average Bonchev–Trinajstić information content (AvgIpc) is 2.26. The monoisotopic (exact) mass is 229 g/mol. The third-order valence-corrected chi connectivity index (χ3v) is 2.35. The van der Waals surface area contributed by atoms with Crippen LogP contribution in [0.5, 0.6) is 0 Å². The molecule has 0 aliphatic heterocycles. The number of unbranched alkanes of at least 4 members (excludes halogenated alkanes) is 3. The molecule has 5 nitrogen and oxygen atoms in total. The van der Waals surface area contributed by atoms with Crippen molar-refractivity contribution in [1.82, 2.24) is 5.32 Å². The SMILES string of the molecule is N=C(CCCNCCCCCCN)C(=O)O. The maximum absolute atomic E-state index is 10.3. The first-order valence-corrected chi connectivity index (χ1v) is 5.90. The maximum Gasteiger partial charge on any atom is 0.349 e. The van der Waals surface area contributed by atoms with Gasteiger partial charge in [0.25, 0.3) is 0 Å². The van der Waals surface area contributed by atoms with E-state index in [1.54, 1.807) is 0 Å². The molecule has 0 unspecified atom stereocenters. The molecule has 0 aromatic rings. The molecule has 0 radical (unpaired) electrons. The van der Waals surface area contributed by atoms with Gasteiger partial charge in [-0.1, -0.05) is 12.8 Å². The Kier molecular flexibility index (Phi) is 9.95. The summed E-state index contributed by atoms with van der Waals surface area (Å²) in [4.78, 5) is 10.3. The van der Waals surface area contributed by atoms with E-state index in [1.807, 2.05) is 0 Å². The molecule has 0 aromatic carbocycles. The van der Waals surface area contributed by atoms with E-state index >= 15 is 0 Å². The second kappa shape index (κ2) is 10.6. The van der Waals surface area contributed by atoms with E-state index in [4.69, 9.17) is 16.2 Å². The molecule has 0 atom stereocenters. The Morgan fingerprint density at radius 3 is 2.38 bits per heavy atom. The van der Waals surface area contributed by atoms with Crippen molar-refractivity contribution >= 4 is 11.7 Å². The standard InChI is InChI=1S/C11H23N3O2/c12-7-3-1-2-4-8-14-9-5-6-10(13)11(15)16/h13-14H,1-9,12H2,(H,15,16). The molecule has 0 heterocycles. The van der Waals surface area contributed by atoms with Gasteiger partial charge in [0.1, 0.15) is 5.71 Å². The normalized spacial score (nSPS) is 10.3. The largest absolute Gasteiger partial charge is 0.477 e. The first-order chi connectivity index (χ1) is 7.68. The Balaban J connectivity index is 3.10. The summed E-state index contributed by atoms with van der Waals surface area (Å²) < 4.78 is 0. The molecular formula is C11H23N3O2. The first kappa shape index (κ1) is 15.1. The van der Waals surface area contributed by atoms with Gasteiger partial charge in [-0.2, -0.15) is 0 Å². The fourth-order valence-corrected chi connectivity index (χ4v) is 1.37. The van der Waals surface area contributed by atoms with Crippen LogP contribution in [0.4, 0.5) is 0 Å². The molecule has 0 bridgehead atoms. The lowest BCUT2D eigenvalue weighted by atomic mass is 10.2. The predicted molar refractivity (Wildman–Crippen MR) is 65.0 cm³/mol. The van der Waals surface area contributed by atoms with Crippen LogP contribution in [-0.2, 0) is 4.79 Å². The molecule has 0 aliphatic rings. The van der Waals surface area contributed by atoms with E-state index in [0.29, 0.717) is 12.8 Å². The second-order valence-electron chi connectivity index (χ2n) is 3.84. The van der Waals surface area contributed by atoms with E-state index < -0.39 is 5.97 Å². The third-order valence-electron chi connectivity index (χ3n) is 2.35. The van der Waals surface area contributed by atoms with E-state index in [9.17, 15) is 4.79 Å². The summed E-state index contributed by atoms with van der Waals surface area (Å²) in [5.41, 5.74) is 5.17. The molecule has 0 saturated heterocycles. The lowest BCUT2D eigenvalue weighted by Gasteiger charge is -2.04. The summed E-state index contributed by atoms with van der Waals surface area (Å²) in [7, 11) is 0. The molecule has 16 heavy (non-hydrogen) atoms. The summed E-state index contributed by atoms with van der Waals surface area (Å²) in [5.74, 6) is -1.11. The van der Waals surface area contributed by atoms with Crippen molar-refractivity contribution in [2.75, 3.05) is 19.6 Å². The van der Waals surface area contributed by atoms with E-state index in [0.717, 1.165) is 32.5 Å². The Hall–Kier alpha value is -0.940. The molecule has 0 fully saturated rings. The highest BCUT2D eigenvalue weighted by Crippen LogP contribution is 1.97. The van der Waals surface area contributed by atoms with Gasteiger partial charge < -0.3 is 16.2 Å². The van der Waals surface area contributed by atoms with Crippen LogP contribution in [-0.4, -0.2) is 36.4 Å². The van der Waals surface area contributed by atoms with Crippen molar-refractivity contribution in [3.63, 3.8) is 0 Å². The number of carboxylic acid groups (broad SMARTS) is 1. The van der Waals surface area contributed by atoms with E-state index in [-0.39, 0.29) is 5.71 Å². The zero-order valence-electron chi connectivity index (χ0n) is 9.80. The second-order valence-corrected chi connectivity index (χ2v) is 3.84. The van der Waals surface area contributed by atoms with Crippen molar-refractivity contribution in [2.45, 2.75) is 38.5 Å². The highest BCUT2D eigenvalue weighted by molar-refractivity contribution is 6.34. The van der Waals surface area contributed by atoms with Gasteiger partial charge in [0.15, 0.2) is 0 Å². The first-order valence-electron chi connectivity index (χ1n) is 5.90. The Labute approximate surface area is 96.9 Å². The minimum absolute atomic E-state index is 0.204. The number of hydrogen-bond acceptors (Lipinski definition) is 4. The molecule has 94 valence electrons. The fraction of sp³-hybridized carbons (Fsp3) is 0.818. The Bertz CT molecular complexity index is 207. The summed E-state index contributed by atoms with van der Waals surface area (Å²) in [6, 6.07) is 0. The van der Waals surface area contributed by atoms with Gasteiger partial charge >= 0.3 is 5.97 Å². The van der Waals surface area contributed by atoms with E-state index in [2.05, 4.69) is 5.32 Å². The van der Waals surface area contributed by atoms with E-state index in [1.165, 1.54) is 12.8 Å². The van der Waals surface area contributed by atoms with Crippen molar-refractivity contribution in [3.8, 4) is 0 Å². The molecule has 0 aromatic heterocycles. The van der Waals surface area contributed by atoms with Gasteiger partial charge in [-0.05, 0) is 45.3 Å². The molecule has 5 N–H and O–H groups in total. The molecule has 0 aliphatic carbocycles. The summed E-state index contributed by atoms with van der Waals surface area (Å²) in [6.07, 6.45) is 5.66. The number of rotatable bonds is 11. The van der Waals surface area contributed by atoms with Crippen molar-refractivity contribution in [3.05, 3.63) is 0 Å². The molecule has 0 amide bonds. The zero-order chi connectivity index (χ0) is 12.2. The average molecular weight is 229 g/mol. The van der Waals surface area contributed by atoms with Gasteiger partial charge in [0.2, 0.25) is 0 Å². The van der Waals surface area contributed by atoms with Crippen LogP contribution < -0.4 is 11.1 Å². The minimum Gasteiger partial charge on any atom is -0.477 e. The number of carboxylic acids is 1. The number of nitrogens with two attached hydrogens (primary N) is 1. The van der Waals surface area contributed by atoms with Gasteiger partial charge in [-0.15, -0.1) is 0 Å². The van der Waals surface area contributed by atoms with Crippen LogP contribution in [0.2, 0.25) is 0 Å². The molecule has 5 heteroatoms. The molecular weight excluding hydrogens is 206 g/mol. The number of aliphatic carboxylic acids is 1. The van der Waals surface area contributed by atoms with Crippen LogP contribution >= 0.6 is 0 Å². The van der Waals surface area contributed by atoms with Crippen LogP contribution in [0, 0.1) is 5.41 Å². The molecule has 0 saturated carbocycles. The van der Waals surface area contributed by atoms with Crippen LogP contribution in [0.1, 0.15) is 38.5 Å². The van der Waals surface area contributed by atoms with Crippen molar-refractivity contribution in [2.24, 2.45) is 5.73 Å². The van der Waals surface area contributed by atoms with Crippen LogP contribution in [0.15, 0.2) is 0 Å². The van der Waals surface area contributed by atoms with Crippen molar-refractivity contribution in [1.29, 1.82) is 5.41 Å². The van der Waals surface area contributed by atoms with Crippen LogP contribution in [0.25, 0.3) is 0 Å². The zero-order valence-corrected chi connectivity index (χ0v) is 9.80. The van der Waals surface area contributed by atoms with Gasteiger partial charge in [0, 0.05) is 0 Å². The quantitative estimate of drug-likeness (QED) is 0.313. The minimum atomic E-state index is -1.11. The Morgan fingerprint density at radius 2 is 1.75 bits per heavy atom. The lowest BCUT2D eigenvalue weighted by Crippen LogP contribution is -2.19. The number of hydrogen-bond donors (Lipinski definition) is 4. The van der Waals surface area contributed by atoms with Gasteiger partial charge in [-0.3, -0.25) is 5.41 Å². The van der Waals surface area contributed by atoms with Gasteiger partial charge in [0.05, 0.1) is 0 Å². The smallest absolute Gasteiger partial charge is 0.349 e. The fourth-order valence-electron chi connectivity index (χ4n) is 1.37.